The molecule has 0 N–H and O–H groups in total. The molecule has 0 fully saturated rings. The second kappa shape index (κ2) is 7.22. The zero-order valence-corrected chi connectivity index (χ0v) is 12.5. The van der Waals surface area contributed by atoms with E-state index in [9.17, 15) is 4.79 Å². The maximum atomic E-state index is 12.2. The molecule has 23 heavy (non-hydrogen) atoms. The number of carbonyl (C=O) groups excluding carboxylic acids is 1. The highest BCUT2D eigenvalue weighted by molar-refractivity contribution is 5.88. The number of rotatable bonds is 5. The molecule has 3 rings (SSSR count). The molecular formula is C19H16N2O2. The molecule has 4 heteroatoms. The van der Waals surface area contributed by atoms with Gasteiger partial charge in [-0.2, -0.15) is 0 Å². The Labute approximate surface area is 134 Å². The Bertz CT molecular complexity index is 793. The summed E-state index contributed by atoms with van der Waals surface area (Å²) in [5.41, 5.74) is 2.35. The average Bonchev–Trinajstić information content (AvgIpc) is 3.10. The van der Waals surface area contributed by atoms with Crippen LogP contribution in [0, 0.1) is 0 Å². The standard InChI is InChI=1S/C19H16N2O2/c22-19(23-13-7-10-16-8-3-1-4-9-16)18-14-20-15-21(18)17-11-5-2-6-12-17/h1-12,14-15H,13H2. The maximum Gasteiger partial charge on any atom is 0.357 e. The number of ether oxygens (including phenoxy) is 1. The summed E-state index contributed by atoms with van der Waals surface area (Å²) >= 11 is 0. The van der Waals surface area contributed by atoms with Crippen LogP contribution in [-0.2, 0) is 4.74 Å². The molecule has 0 radical (unpaired) electrons. The van der Waals surface area contributed by atoms with Gasteiger partial charge < -0.3 is 4.74 Å². The van der Waals surface area contributed by atoms with Gasteiger partial charge in [-0.25, -0.2) is 9.78 Å². The van der Waals surface area contributed by atoms with Gasteiger partial charge in [0.15, 0.2) is 5.69 Å². The quantitative estimate of drug-likeness (QED) is 0.674. The molecule has 0 saturated carbocycles. The van der Waals surface area contributed by atoms with Crippen molar-refractivity contribution in [3.63, 3.8) is 0 Å². The van der Waals surface area contributed by atoms with Crippen molar-refractivity contribution in [3.8, 4) is 5.69 Å². The molecule has 0 unspecified atom stereocenters. The third-order valence-corrected chi connectivity index (χ3v) is 3.30. The van der Waals surface area contributed by atoms with Crippen molar-refractivity contribution < 1.29 is 9.53 Å². The molecule has 0 bridgehead atoms. The second-order valence-electron chi connectivity index (χ2n) is 4.90. The summed E-state index contributed by atoms with van der Waals surface area (Å²) in [6.45, 7) is 0.216. The molecule has 0 aliphatic heterocycles. The fourth-order valence-corrected chi connectivity index (χ4v) is 2.19. The van der Waals surface area contributed by atoms with Crippen LogP contribution in [-0.4, -0.2) is 22.1 Å². The van der Waals surface area contributed by atoms with Crippen LogP contribution in [0.2, 0.25) is 0 Å². The highest BCUT2D eigenvalue weighted by Crippen LogP contribution is 2.11. The minimum Gasteiger partial charge on any atom is -0.457 e. The van der Waals surface area contributed by atoms with E-state index in [1.54, 1.807) is 10.9 Å². The van der Waals surface area contributed by atoms with Crippen molar-refractivity contribution in [2.45, 2.75) is 0 Å². The first-order valence-corrected chi connectivity index (χ1v) is 7.31. The molecular weight excluding hydrogens is 288 g/mol. The lowest BCUT2D eigenvalue weighted by atomic mass is 10.2. The van der Waals surface area contributed by atoms with E-state index in [2.05, 4.69) is 4.98 Å². The van der Waals surface area contributed by atoms with E-state index in [0.717, 1.165) is 11.3 Å². The van der Waals surface area contributed by atoms with Gasteiger partial charge >= 0.3 is 5.97 Å². The first-order chi connectivity index (χ1) is 11.3. The second-order valence-corrected chi connectivity index (χ2v) is 4.90. The van der Waals surface area contributed by atoms with Gasteiger partial charge in [0, 0.05) is 5.69 Å². The van der Waals surface area contributed by atoms with E-state index >= 15 is 0 Å². The molecule has 1 aromatic heterocycles. The van der Waals surface area contributed by atoms with Gasteiger partial charge in [-0.05, 0) is 23.8 Å². The summed E-state index contributed by atoms with van der Waals surface area (Å²) in [4.78, 5) is 16.2. The summed E-state index contributed by atoms with van der Waals surface area (Å²) in [6, 6.07) is 19.4. The van der Waals surface area contributed by atoms with Crippen LogP contribution >= 0.6 is 0 Å². The molecule has 114 valence electrons. The first-order valence-electron chi connectivity index (χ1n) is 7.31. The Balaban J connectivity index is 1.64. The first kappa shape index (κ1) is 14.8. The number of aromatic nitrogens is 2. The highest BCUT2D eigenvalue weighted by atomic mass is 16.5. The van der Waals surface area contributed by atoms with Crippen LogP contribution in [0.5, 0.6) is 0 Å². The van der Waals surface area contributed by atoms with E-state index in [0.29, 0.717) is 5.69 Å². The van der Waals surface area contributed by atoms with Crippen LogP contribution < -0.4 is 0 Å². The van der Waals surface area contributed by atoms with Crippen LogP contribution in [0.3, 0.4) is 0 Å². The number of hydrogen-bond donors (Lipinski definition) is 0. The van der Waals surface area contributed by atoms with Crippen LogP contribution in [0.25, 0.3) is 11.8 Å². The van der Waals surface area contributed by atoms with Crippen molar-refractivity contribution in [2.75, 3.05) is 6.61 Å². The van der Waals surface area contributed by atoms with E-state index in [-0.39, 0.29) is 6.61 Å². The van der Waals surface area contributed by atoms with Crippen molar-refractivity contribution in [3.05, 3.63) is 90.5 Å². The predicted octanol–water partition coefficient (Wildman–Crippen LogP) is 3.74. The Morgan fingerprint density at radius 3 is 2.48 bits per heavy atom. The summed E-state index contributed by atoms with van der Waals surface area (Å²) in [6.07, 6.45) is 6.85. The summed E-state index contributed by atoms with van der Waals surface area (Å²) in [5, 5.41) is 0. The van der Waals surface area contributed by atoms with Crippen molar-refractivity contribution in [2.24, 2.45) is 0 Å². The normalized spacial score (nSPS) is 10.8. The van der Waals surface area contributed by atoms with Gasteiger partial charge in [0.25, 0.3) is 0 Å². The molecule has 2 aromatic carbocycles. The average molecular weight is 304 g/mol. The van der Waals surface area contributed by atoms with Crippen LogP contribution in [0.4, 0.5) is 0 Å². The SMILES string of the molecule is O=C(OCC=Cc1ccccc1)c1cncn1-c1ccccc1. The molecule has 0 saturated heterocycles. The van der Waals surface area contributed by atoms with Crippen molar-refractivity contribution in [1.82, 2.24) is 9.55 Å². The Morgan fingerprint density at radius 2 is 1.74 bits per heavy atom. The molecule has 4 nitrogen and oxygen atoms in total. The van der Waals surface area contributed by atoms with Crippen molar-refractivity contribution in [1.29, 1.82) is 0 Å². The minimum absolute atomic E-state index is 0.216. The van der Waals surface area contributed by atoms with E-state index in [4.69, 9.17) is 4.74 Å². The van der Waals surface area contributed by atoms with Gasteiger partial charge in [0.2, 0.25) is 0 Å². The predicted molar refractivity (Wildman–Crippen MR) is 89.3 cm³/mol. The fourth-order valence-electron chi connectivity index (χ4n) is 2.19. The molecule has 0 aliphatic rings. The van der Waals surface area contributed by atoms with Gasteiger partial charge in [-0.1, -0.05) is 54.6 Å². The number of nitrogens with zero attached hydrogens (tertiary/aromatic N) is 2. The molecule has 1 heterocycles. The third-order valence-electron chi connectivity index (χ3n) is 3.30. The Morgan fingerprint density at radius 1 is 1.04 bits per heavy atom. The topological polar surface area (TPSA) is 44.1 Å². The largest absolute Gasteiger partial charge is 0.457 e. The summed E-state index contributed by atoms with van der Waals surface area (Å²) < 4.78 is 7.00. The van der Waals surface area contributed by atoms with E-state index < -0.39 is 5.97 Å². The van der Waals surface area contributed by atoms with Crippen molar-refractivity contribution >= 4 is 12.0 Å². The number of imidazole rings is 1. The lowest BCUT2D eigenvalue weighted by Crippen LogP contribution is -2.10. The van der Waals surface area contributed by atoms with Gasteiger partial charge in [0.05, 0.1) is 12.5 Å². The summed E-state index contributed by atoms with van der Waals surface area (Å²) in [5.74, 6) is -0.399. The van der Waals surface area contributed by atoms with Gasteiger partial charge in [-0.3, -0.25) is 4.57 Å². The summed E-state index contributed by atoms with van der Waals surface area (Å²) in [7, 11) is 0. The van der Waals surface area contributed by atoms with Crippen LogP contribution in [0.1, 0.15) is 16.1 Å². The van der Waals surface area contributed by atoms with Crippen LogP contribution in [0.15, 0.2) is 79.3 Å². The molecule has 0 amide bonds. The maximum absolute atomic E-state index is 12.2. The molecule has 0 spiro atoms. The zero-order valence-electron chi connectivity index (χ0n) is 12.5. The van der Waals surface area contributed by atoms with Gasteiger partial charge in [-0.15, -0.1) is 0 Å². The minimum atomic E-state index is -0.399. The monoisotopic (exact) mass is 304 g/mol. The fraction of sp³-hybridized carbons (Fsp3) is 0.0526. The van der Waals surface area contributed by atoms with E-state index in [1.165, 1.54) is 6.20 Å². The molecule has 0 aliphatic carbocycles. The number of carbonyl (C=O) groups is 1. The Kier molecular flexibility index (Phi) is 4.64. The third kappa shape index (κ3) is 3.74. The number of hydrogen-bond acceptors (Lipinski definition) is 3. The lowest BCUT2D eigenvalue weighted by molar-refractivity contribution is 0.0541. The number of para-hydroxylation sites is 1. The lowest BCUT2D eigenvalue weighted by Gasteiger charge is -2.07. The molecule has 0 atom stereocenters. The smallest absolute Gasteiger partial charge is 0.357 e. The van der Waals surface area contributed by atoms with Gasteiger partial charge in [0.1, 0.15) is 6.61 Å². The number of esters is 1. The zero-order chi connectivity index (χ0) is 15.9. The highest BCUT2D eigenvalue weighted by Gasteiger charge is 2.13. The van der Waals surface area contributed by atoms with E-state index in [1.807, 2.05) is 72.8 Å². The Hall–Kier alpha value is -3.14. The molecule has 3 aromatic rings. The number of benzene rings is 2.